The fraction of sp³-hybridized carbons (Fsp3) is 0.700. The molecule has 0 fully saturated rings. The smallest absolute Gasteiger partial charge is 0.0320 e. The van der Waals surface area contributed by atoms with Gasteiger partial charge in [0.1, 0.15) is 0 Å². The lowest BCUT2D eigenvalue weighted by Gasteiger charge is -2.07. The van der Waals surface area contributed by atoms with Crippen LogP contribution in [0.25, 0.3) is 0 Å². The third-order valence-corrected chi connectivity index (χ3v) is 3.81. The van der Waals surface area contributed by atoms with E-state index in [9.17, 15) is 0 Å². The number of unbranched alkanes of at least 4 members (excludes halogenated alkanes) is 8. The predicted molar refractivity (Wildman–Crippen MR) is 94.2 cm³/mol. The van der Waals surface area contributed by atoms with Crippen LogP contribution in [0.2, 0.25) is 0 Å². The van der Waals surface area contributed by atoms with Crippen LogP contribution in [-0.4, -0.2) is 0 Å². The highest BCUT2D eigenvalue weighted by Gasteiger charge is 1.98. The second-order valence-electron chi connectivity index (χ2n) is 5.75. The molecule has 0 aromatic heterocycles. The summed E-state index contributed by atoms with van der Waals surface area (Å²) < 4.78 is 0. The summed E-state index contributed by atoms with van der Waals surface area (Å²) >= 11 is 0. The Hall–Kier alpha value is -0.780. The van der Waals surface area contributed by atoms with Gasteiger partial charge in [0.05, 0.1) is 0 Å². The molecule has 0 atom stereocenters. The molecule has 0 aliphatic carbocycles. The van der Waals surface area contributed by atoms with Gasteiger partial charge in [0.2, 0.25) is 0 Å². The minimum absolute atomic E-state index is 1.17. The minimum Gasteiger partial charge on any atom is -0.103 e. The molecule has 0 aromatic rings. The highest BCUT2D eigenvalue weighted by molar-refractivity contribution is 5.01. The number of hydrogen-bond acceptors (Lipinski definition) is 0. The van der Waals surface area contributed by atoms with E-state index in [0.717, 1.165) is 0 Å². The Balaban J connectivity index is 3.53. The zero-order chi connectivity index (χ0) is 14.9. The fourth-order valence-electron chi connectivity index (χ4n) is 2.61. The molecule has 0 aromatic carbocycles. The normalized spacial score (nSPS) is 11.6. The van der Waals surface area contributed by atoms with Crippen LogP contribution < -0.4 is 0 Å². The Morgan fingerprint density at radius 2 is 1.15 bits per heavy atom. The third-order valence-electron chi connectivity index (χ3n) is 3.81. The molecule has 0 amide bonds. The first-order valence-electron chi connectivity index (χ1n) is 8.74. The van der Waals surface area contributed by atoms with E-state index in [1.54, 1.807) is 5.57 Å². The van der Waals surface area contributed by atoms with E-state index in [2.05, 4.69) is 26.2 Å². The SMILES string of the molecule is C=CCCCCCCCCC(=CCC)CCCCC=C. The van der Waals surface area contributed by atoms with E-state index in [4.69, 9.17) is 0 Å². The molecule has 0 rings (SSSR count). The van der Waals surface area contributed by atoms with Gasteiger partial charge >= 0.3 is 0 Å². The zero-order valence-electron chi connectivity index (χ0n) is 13.8. The second kappa shape index (κ2) is 16.3. The quantitative estimate of drug-likeness (QED) is 0.216. The molecule has 0 saturated heterocycles. The molecule has 0 spiro atoms. The van der Waals surface area contributed by atoms with Crippen LogP contribution in [-0.2, 0) is 0 Å². The number of rotatable bonds is 15. The Morgan fingerprint density at radius 1 is 0.700 bits per heavy atom. The molecule has 0 heterocycles. The van der Waals surface area contributed by atoms with Crippen LogP contribution in [0.3, 0.4) is 0 Å². The van der Waals surface area contributed by atoms with E-state index >= 15 is 0 Å². The van der Waals surface area contributed by atoms with Gasteiger partial charge in [-0.1, -0.05) is 56.4 Å². The van der Waals surface area contributed by atoms with Crippen LogP contribution in [0, 0.1) is 0 Å². The average molecular weight is 277 g/mol. The fourth-order valence-corrected chi connectivity index (χ4v) is 2.61. The van der Waals surface area contributed by atoms with Gasteiger partial charge in [-0.3, -0.25) is 0 Å². The van der Waals surface area contributed by atoms with Gasteiger partial charge in [0.25, 0.3) is 0 Å². The summed E-state index contributed by atoms with van der Waals surface area (Å²) in [6.45, 7) is 9.81. The summed E-state index contributed by atoms with van der Waals surface area (Å²) in [5.41, 5.74) is 1.70. The maximum absolute atomic E-state index is 3.79. The molecule has 20 heavy (non-hydrogen) atoms. The molecule has 116 valence electrons. The minimum atomic E-state index is 1.17. The van der Waals surface area contributed by atoms with Crippen molar-refractivity contribution in [3.63, 3.8) is 0 Å². The topological polar surface area (TPSA) is 0 Å². The van der Waals surface area contributed by atoms with Gasteiger partial charge in [-0.15, -0.1) is 13.2 Å². The molecule has 0 aliphatic heterocycles. The van der Waals surface area contributed by atoms with Crippen molar-refractivity contribution in [3.8, 4) is 0 Å². The monoisotopic (exact) mass is 276 g/mol. The molecule has 0 N–H and O–H groups in total. The molecule has 0 nitrogen and oxygen atoms in total. The number of allylic oxidation sites excluding steroid dienone is 4. The molecule has 0 heteroatoms. The van der Waals surface area contributed by atoms with Gasteiger partial charge in [0.15, 0.2) is 0 Å². The summed E-state index contributed by atoms with van der Waals surface area (Å²) in [6, 6.07) is 0. The van der Waals surface area contributed by atoms with Crippen molar-refractivity contribution in [2.24, 2.45) is 0 Å². The van der Waals surface area contributed by atoms with Gasteiger partial charge in [-0.25, -0.2) is 0 Å². The molecule has 0 unspecified atom stereocenters. The maximum Gasteiger partial charge on any atom is -0.0320 e. The van der Waals surface area contributed by atoms with E-state index in [-0.39, 0.29) is 0 Å². The Bertz CT molecular complexity index is 247. The molecule has 0 radical (unpaired) electrons. The van der Waals surface area contributed by atoms with Crippen molar-refractivity contribution < 1.29 is 0 Å². The van der Waals surface area contributed by atoms with Gasteiger partial charge in [0, 0.05) is 0 Å². The Labute approximate surface area is 128 Å². The van der Waals surface area contributed by atoms with Gasteiger partial charge < -0.3 is 0 Å². The first-order chi connectivity index (χ1) is 9.85. The molecule has 0 bridgehead atoms. The van der Waals surface area contributed by atoms with Crippen molar-refractivity contribution >= 4 is 0 Å². The van der Waals surface area contributed by atoms with E-state index in [1.807, 2.05) is 12.2 Å². The van der Waals surface area contributed by atoms with Crippen molar-refractivity contribution in [1.82, 2.24) is 0 Å². The van der Waals surface area contributed by atoms with Crippen LogP contribution in [0.4, 0.5) is 0 Å². The van der Waals surface area contributed by atoms with Gasteiger partial charge in [-0.2, -0.15) is 0 Å². The lowest BCUT2D eigenvalue weighted by atomic mass is 9.99. The van der Waals surface area contributed by atoms with Crippen molar-refractivity contribution in [2.45, 2.75) is 90.4 Å². The molecule has 0 aliphatic rings. The third kappa shape index (κ3) is 13.6. The van der Waals surface area contributed by atoms with E-state index < -0.39 is 0 Å². The average Bonchev–Trinajstić information content (AvgIpc) is 2.46. The maximum atomic E-state index is 3.79. The van der Waals surface area contributed by atoms with Crippen molar-refractivity contribution in [2.75, 3.05) is 0 Å². The van der Waals surface area contributed by atoms with E-state index in [0.29, 0.717) is 0 Å². The lowest BCUT2D eigenvalue weighted by molar-refractivity contribution is 0.588. The van der Waals surface area contributed by atoms with Crippen LogP contribution in [0.5, 0.6) is 0 Å². The Kier molecular flexibility index (Phi) is 15.6. The zero-order valence-corrected chi connectivity index (χ0v) is 13.8. The summed E-state index contributed by atoms with van der Waals surface area (Å²) in [4.78, 5) is 0. The van der Waals surface area contributed by atoms with Crippen molar-refractivity contribution in [3.05, 3.63) is 37.0 Å². The standard InChI is InChI=1S/C20H36/c1-4-7-9-11-12-13-14-16-19-20(17-6-3)18-15-10-8-5-2/h4-5,17H,1-2,6-16,18-19H2,3H3. The van der Waals surface area contributed by atoms with E-state index in [1.165, 1.54) is 83.5 Å². The number of hydrogen-bond donors (Lipinski definition) is 0. The second-order valence-corrected chi connectivity index (χ2v) is 5.75. The highest BCUT2D eigenvalue weighted by atomic mass is 14.0. The molecular weight excluding hydrogens is 240 g/mol. The molecule has 0 saturated carbocycles. The Morgan fingerprint density at radius 3 is 1.70 bits per heavy atom. The molecular formula is C20H36. The summed E-state index contributed by atoms with van der Waals surface area (Å²) in [6.07, 6.45) is 23.7. The summed E-state index contributed by atoms with van der Waals surface area (Å²) in [7, 11) is 0. The van der Waals surface area contributed by atoms with Crippen LogP contribution in [0.15, 0.2) is 37.0 Å². The first kappa shape index (κ1) is 19.2. The lowest BCUT2D eigenvalue weighted by Crippen LogP contribution is -1.87. The van der Waals surface area contributed by atoms with Crippen LogP contribution in [0.1, 0.15) is 90.4 Å². The van der Waals surface area contributed by atoms with Crippen LogP contribution >= 0.6 is 0 Å². The van der Waals surface area contributed by atoms with Crippen molar-refractivity contribution in [1.29, 1.82) is 0 Å². The first-order valence-corrected chi connectivity index (χ1v) is 8.74. The summed E-state index contributed by atoms with van der Waals surface area (Å²) in [5.74, 6) is 0. The van der Waals surface area contributed by atoms with Gasteiger partial charge in [-0.05, 0) is 57.8 Å². The summed E-state index contributed by atoms with van der Waals surface area (Å²) in [5, 5.41) is 0. The predicted octanol–water partition coefficient (Wildman–Crippen LogP) is 7.38. The highest BCUT2D eigenvalue weighted by Crippen LogP contribution is 2.18. The largest absolute Gasteiger partial charge is 0.103 e.